The topological polar surface area (TPSA) is 102 Å². The van der Waals surface area contributed by atoms with Crippen molar-refractivity contribution in [3.63, 3.8) is 0 Å². The number of methoxy groups -OCH3 is 1. The van der Waals surface area contributed by atoms with Crippen LogP contribution in [0.3, 0.4) is 0 Å². The smallest absolute Gasteiger partial charge is 0.211 e. The fourth-order valence-corrected chi connectivity index (χ4v) is 4.75. The molecule has 0 saturated carbocycles. The Labute approximate surface area is 207 Å². The lowest BCUT2D eigenvalue weighted by molar-refractivity contribution is -0.105. The third-order valence-electron chi connectivity index (χ3n) is 5.35. The van der Waals surface area contributed by atoms with Gasteiger partial charge in [-0.25, -0.2) is 4.98 Å². The summed E-state index contributed by atoms with van der Waals surface area (Å²) in [6.45, 7) is 0. The van der Waals surface area contributed by atoms with E-state index in [0.717, 1.165) is 49.5 Å². The second kappa shape index (κ2) is 11.1. The number of hydrogen-bond donors (Lipinski definition) is 3. The highest BCUT2D eigenvalue weighted by Crippen LogP contribution is 2.41. The summed E-state index contributed by atoms with van der Waals surface area (Å²) in [5, 5.41) is 8.86. The van der Waals surface area contributed by atoms with Crippen molar-refractivity contribution in [2.45, 2.75) is 0 Å². The quantitative estimate of drug-likeness (QED) is 0.259. The monoisotopic (exact) mass is 483 g/mol. The molecule has 0 aliphatic carbocycles. The highest BCUT2D eigenvalue weighted by Gasteiger charge is 2.15. The summed E-state index contributed by atoms with van der Waals surface area (Å²) in [5.74, 6) is 1.29. The van der Waals surface area contributed by atoms with Gasteiger partial charge in [-0.3, -0.25) is 9.78 Å². The minimum absolute atomic E-state index is 0.559. The van der Waals surface area contributed by atoms with Crippen LogP contribution in [-0.2, 0) is 4.79 Å². The van der Waals surface area contributed by atoms with Gasteiger partial charge in [-0.15, -0.1) is 11.3 Å². The number of amides is 1. The molecule has 35 heavy (non-hydrogen) atoms. The first kappa shape index (κ1) is 23.7. The van der Waals surface area contributed by atoms with Gasteiger partial charge in [0.2, 0.25) is 6.41 Å². The van der Waals surface area contributed by atoms with Crippen molar-refractivity contribution < 1.29 is 9.53 Å². The standard InChI is InChI=1S/C19H16N4S.C8H9NO2/c1-21-14-6-2-4-12(8-14)16-11-24-18-15(10-23-19(20)17(16)18)13-5-3-7-22-9-13;1-11-8-4-2-3-7(5-8)9-6-10/h2-11,21H,1H3,(H2,20,23);2-6H,1H3,(H,9,10). The molecule has 0 bridgehead atoms. The molecule has 3 heterocycles. The predicted octanol–water partition coefficient (Wildman–Crippen LogP) is 5.91. The van der Waals surface area contributed by atoms with Crippen molar-refractivity contribution in [2.24, 2.45) is 0 Å². The zero-order valence-corrected chi connectivity index (χ0v) is 20.2. The molecule has 5 rings (SSSR count). The van der Waals surface area contributed by atoms with Crippen molar-refractivity contribution in [2.75, 3.05) is 30.5 Å². The molecule has 0 spiro atoms. The zero-order chi connectivity index (χ0) is 24.6. The second-order valence-electron chi connectivity index (χ2n) is 7.48. The Bertz CT molecular complexity index is 1440. The number of thiophene rings is 1. The number of nitrogens with zero attached hydrogens (tertiary/aromatic N) is 2. The van der Waals surface area contributed by atoms with Crippen LogP contribution in [0.5, 0.6) is 5.75 Å². The first-order valence-electron chi connectivity index (χ1n) is 10.8. The average Bonchev–Trinajstić information content (AvgIpc) is 3.36. The van der Waals surface area contributed by atoms with Gasteiger partial charge in [0, 0.05) is 69.9 Å². The summed E-state index contributed by atoms with van der Waals surface area (Å²) in [6, 6.07) is 19.4. The number of carbonyl (C=O) groups excluding carboxylic acids is 1. The maximum atomic E-state index is 10.0. The van der Waals surface area contributed by atoms with Crippen molar-refractivity contribution in [3.05, 3.63) is 84.6 Å². The molecule has 2 aromatic carbocycles. The predicted molar refractivity (Wildman–Crippen MR) is 145 cm³/mol. The molecule has 0 radical (unpaired) electrons. The maximum absolute atomic E-state index is 10.0. The number of nitrogens with one attached hydrogen (secondary N) is 2. The van der Waals surface area contributed by atoms with Gasteiger partial charge < -0.3 is 21.1 Å². The lowest BCUT2D eigenvalue weighted by Gasteiger charge is -2.07. The highest BCUT2D eigenvalue weighted by molar-refractivity contribution is 7.18. The maximum Gasteiger partial charge on any atom is 0.211 e. The van der Waals surface area contributed by atoms with Gasteiger partial charge in [0.15, 0.2) is 0 Å². The molecule has 0 unspecified atom stereocenters. The lowest BCUT2D eigenvalue weighted by atomic mass is 10.0. The fraction of sp³-hybridized carbons (Fsp3) is 0.0741. The van der Waals surface area contributed by atoms with Crippen molar-refractivity contribution in [1.29, 1.82) is 0 Å². The molecule has 7 nitrogen and oxygen atoms in total. The molecule has 176 valence electrons. The molecule has 0 aliphatic rings. The largest absolute Gasteiger partial charge is 0.497 e. The first-order chi connectivity index (χ1) is 17.1. The summed E-state index contributed by atoms with van der Waals surface area (Å²) in [6.07, 6.45) is 6.09. The van der Waals surface area contributed by atoms with Crippen LogP contribution in [0.15, 0.2) is 84.6 Å². The number of fused-ring (bicyclic) bond motifs is 1. The van der Waals surface area contributed by atoms with Crippen molar-refractivity contribution in [1.82, 2.24) is 9.97 Å². The number of rotatable bonds is 6. The zero-order valence-electron chi connectivity index (χ0n) is 19.4. The van der Waals surface area contributed by atoms with Crippen molar-refractivity contribution >= 4 is 45.0 Å². The van der Waals surface area contributed by atoms with Crippen LogP contribution in [0.4, 0.5) is 17.2 Å². The van der Waals surface area contributed by atoms with E-state index in [1.54, 1.807) is 36.8 Å². The van der Waals surface area contributed by atoms with Crippen LogP contribution in [0.25, 0.3) is 32.3 Å². The Hall–Kier alpha value is -4.43. The Morgan fingerprint density at radius 3 is 2.51 bits per heavy atom. The number of hydrogen-bond acceptors (Lipinski definition) is 7. The Kier molecular flexibility index (Phi) is 7.54. The molecular weight excluding hydrogens is 458 g/mol. The van der Waals surface area contributed by atoms with Crippen LogP contribution in [0.1, 0.15) is 0 Å². The van der Waals surface area contributed by atoms with Gasteiger partial charge in [0.1, 0.15) is 11.6 Å². The Morgan fingerprint density at radius 1 is 0.971 bits per heavy atom. The van der Waals surface area contributed by atoms with Crippen molar-refractivity contribution in [3.8, 4) is 28.0 Å². The third-order valence-corrected chi connectivity index (χ3v) is 6.37. The number of carbonyl (C=O) groups is 1. The van der Waals surface area contributed by atoms with Gasteiger partial charge in [-0.2, -0.15) is 0 Å². The van der Waals surface area contributed by atoms with Gasteiger partial charge in [0.05, 0.1) is 7.11 Å². The van der Waals surface area contributed by atoms with E-state index in [-0.39, 0.29) is 0 Å². The number of benzene rings is 2. The summed E-state index contributed by atoms with van der Waals surface area (Å²) >= 11 is 1.69. The third kappa shape index (κ3) is 5.39. The van der Waals surface area contributed by atoms with E-state index in [1.807, 2.05) is 55.8 Å². The normalized spacial score (nSPS) is 10.2. The molecular formula is C27H25N5O2S. The summed E-state index contributed by atoms with van der Waals surface area (Å²) in [7, 11) is 3.50. The van der Waals surface area contributed by atoms with Crippen LogP contribution < -0.4 is 21.1 Å². The number of aromatic nitrogens is 2. The molecule has 0 saturated heterocycles. The minimum Gasteiger partial charge on any atom is -0.497 e. The van der Waals surface area contributed by atoms with Crippen LogP contribution in [0.2, 0.25) is 0 Å². The first-order valence-corrected chi connectivity index (χ1v) is 11.7. The highest BCUT2D eigenvalue weighted by atomic mass is 32.1. The summed E-state index contributed by atoms with van der Waals surface area (Å²) < 4.78 is 6.08. The van der Waals surface area contributed by atoms with E-state index < -0.39 is 0 Å². The minimum atomic E-state index is 0.559. The SMILES string of the molecule is CNc1cccc(-c2csc3c(-c4cccnc4)cnc(N)c23)c1.COc1cccc(NC=O)c1. The van der Waals surface area contributed by atoms with Gasteiger partial charge in [0.25, 0.3) is 0 Å². The molecule has 0 aliphatic heterocycles. The van der Waals surface area contributed by atoms with Gasteiger partial charge in [-0.1, -0.05) is 24.3 Å². The molecule has 4 N–H and O–H groups in total. The Morgan fingerprint density at radius 2 is 1.77 bits per heavy atom. The molecule has 3 aromatic heterocycles. The van der Waals surface area contributed by atoms with Crippen LogP contribution in [-0.4, -0.2) is 30.5 Å². The van der Waals surface area contributed by atoms with E-state index in [1.165, 1.54) is 0 Å². The number of nitrogen functional groups attached to an aromatic ring is 1. The number of ether oxygens (including phenoxy) is 1. The second-order valence-corrected chi connectivity index (χ2v) is 8.36. The number of anilines is 3. The summed E-state index contributed by atoms with van der Waals surface area (Å²) in [4.78, 5) is 18.7. The van der Waals surface area contributed by atoms with Crippen LogP contribution >= 0.6 is 11.3 Å². The number of pyridine rings is 2. The van der Waals surface area contributed by atoms with Gasteiger partial charge >= 0.3 is 0 Å². The molecule has 0 atom stereocenters. The van der Waals surface area contributed by atoms with E-state index in [0.29, 0.717) is 12.2 Å². The van der Waals surface area contributed by atoms with Gasteiger partial charge in [-0.05, 0) is 41.3 Å². The average molecular weight is 484 g/mol. The van der Waals surface area contributed by atoms with E-state index >= 15 is 0 Å². The molecule has 1 amide bonds. The molecule has 8 heteroatoms. The lowest BCUT2D eigenvalue weighted by Crippen LogP contribution is -1.93. The molecule has 0 fully saturated rings. The van der Waals surface area contributed by atoms with Crippen LogP contribution in [0, 0.1) is 0 Å². The number of nitrogens with two attached hydrogens (primary N) is 1. The van der Waals surface area contributed by atoms with E-state index in [2.05, 4.69) is 38.1 Å². The molecule has 5 aromatic rings. The Balaban J connectivity index is 0.000000221. The van der Waals surface area contributed by atoms with E-state index in [9.17, 15) is 4.79 Å². The fourth-order valence-electron chi connectivity index (χ4n) is 3.63. The summed E-state index contributed by atoms with van der Waals surface area (Å²) in [5.41, 5.74) is 12.4. The van der Waals surface area contributed by atoms with E-state index in [4.69, 9.17) is 10.5 Å².